The predicted octanol–water partition coefficient (Wildman–Crippen LogP) is 1.77. The molecule has 0 aliphatic carbocycles. The molecular formula is C20H30N6O. The Morgan fingerprint density at radius 2 is 1.63 bits per heavy atom. The van der Waals surface area contributed by atoms with Gasteiger partial charge in [-0.1, -0.05) is 18.2 Å². The van der Waals surface area contributed by atoms with Crippen molar-refractivity contribution in [1.82, 2.24) is 24.6 Å². The lowest BCUT2D eigenvalue weighted by Crippen LogP contribution is -2.49. The first-order valence-electron chi connectivity index (χ1n) is 9.61. The highest BCUT2D eigenvalue weighted by molar-refractivity contribution is 5.93. The number of piperazine rings is 1. The molecule has 0 spiro atoms. The number of aromatic nitrogens is 3. The van der Waals surface area contributed by atoms with Gasteiger partial charge in [-0.3, -0.25) is 14.6 Å². The van der Waals surface area contributed by atoms with E-state index in [0.29, 0.717) is 6.54 Å². The molecule has 1 saturated heterocycles. The first-order chi connectivity index (χ1) is 12.9. The summed E-state index contributed by atoms with van der Waals surface area (Å²) < 4.78 is 1.97. The molecule has 1 fully saturated rings. The third-order valence-electron chi connectivity index (χ3n) is 5.17. The van der Waals surface area contributed by atoms with E-state index in [9.17, 15) is 4.79 Å². The fourth-order valence-electron chi connectivity index (χ4n) is 3.57. The predicted molar refractivity (Wildman–Crippen MR) is 107 cm³/mol. The van der Waals surface area contributed by atoms with E-state index in [4.69, 9.17) is 0 Å². The summed E-state index contributed by atoms with van der Waals surface area (Å²) in [4.78, 5) is 21.4. The summed E-state index contributed by atoms with van der Waals surface area (Å²) in [6.07, 6.45) is 0. The molecule has 0 radical (unpaired) electrons. The van der Waals surface area contributed by atoms with Crippen LogP contribution in [0.3, 0.4) is 0 Å². The zero-order chi connectivity index (χ0) is 19.4. The second-order valence-electron chi connectivity index (χ2n) is 7.36. The topological polar surface area (TPSA) is 66.3 Å². The zero-order valence-electron chi connectivity index (χ0n) is 16.8. The van der Waals surface area contributed by atoms with Gasteiger partial charge in [-0.05, 0) is 38.8 Å². The largest absolute Gasteiger partial charge is 0.324 e. The number of amides is 1. The van der Waals surface area contributed by atoms with Crippen molar-refractivity contribution < 1.29 is 4.79 Å². The summed E-state index contributed by atoms with van der Waals surface area (Å²) in [5, 5.41) is 7.50. The number of benzene rings is 1. The van der Waals surface area contributed by atoms with Crippen molar-refractivity contribution in [1.29, 1.82) is 0 Å². The highest BCUT2D eigenvalue weighted by atomic mass is 16.2. The van der Waals surface area contributed by atoms with Gasteiger partial charge in [0.1, 0.15) is 11.6 Å². The lowest BCUT2D eigenvalue weighted by molar-refractivity contribution is -0.117. The number of hydrogen-bond acceptors (Lipinski definition) is 5. The molecule has 146 valence electrons. The molecule has 1 N–H and O–H groups in total. The van der Waals surface area contributed by atoms with Crippen molar-refractivity contribution in [2.75, 3.05) is 44.6 Å². The third-order valence-corrected chi connectivity index (χ3v) is 5.17. The Balaban J connectivity index is 1.42. The molecule has 0 bridgehead atoms. The maximum atomic E-state index is 12.4. The van der Waals surface area contributed by atoms with Gasteiger partial charge in [-0.25, -0.2) is 9.67 Å². The van der Waals surface area contributed by atoms with E-state index in [1.807, 2.05) is 50.6 Å². The van der Waals surface area contributed by atoms with E-state index in [1.54, 1.807) is 0 Å². The van der Waals surface area contributed by atoms with Crippen molar-refractivity contribution >= 4 is 11.6 Å². The average molecular weight is 371 g/mol. The van der Waals surface area contributed by atoms with Gasteiger partial charge in [0, 0.05) is 38.4 Å². The molecule has 2 aromatic rings. The quantitative estimate of drug-likeness (QED) is 0.839. The number of rotatable bonds is 6. The van der Waals surface area contributed by atoms with E-state index >= 15 is 0 Å². The van der Waals surface area contributed by atoms with Gasteiger partial charge in [-0.15, -0.1) is 0 Å². The molecule has 1 aliphatic heterocycles. The van der Waals surface area contributed by atoms with Crippen LogP contribution < -0.4 is 5.32 Å². The van der Waals surface area contributed by atoms with E-state index in [1.165, 1.54) is 0 Å². The second kappa shape index (κ2) is 8.63. The number of anilines is 1. The van der Waals surface area contributed by atoms with E-state index in [2.05, 4.69) is 25.2 Å². The Hall–Kier alpha value is -2.25. The number of carbonyl (C=O) groups is 1. The van der Waals surface area contributed by atoms with E-state index in [0.717, 1.165) is 67.7 Å². The minimum atomic E-state index is 0.0644. The Labute approximate surface area is 161 Å². The van der Waals surface area contributed by atoms with Crippen molar-refractivity contribution in [3.63, 3.8) is 0 Å². The molecule has 0 atom stereocenters. The van der Waals surface area contributed by atoms with Gasteiger partial charge in [0.05, 0.1) is 13.1 Å². The summed E-state index contributed by atoms with van der Waals surface area (Å²) in [5.74, 6) is 1.86. The number of hydrogen-bond donors (Lipinski definition) is 1. The van der Waals surface area contributed by atoms with Crippen LogP contribution in [0.1, 0.15) is 22.8 Å². The second-order valence-corrected chi connectivity index (χ2v) is 7.36. The van der Waals surface area contributed by atoms with Gasteiger partial charge >= 0.3 is 0 Å². The fourth-order valence-corrected chi connectivity index (χ4v) is 3.57. The van der Waals surface area contributed by atoms with Crippen molar-refractivity contribution in [2.24, 2.45) is 0 Å². The summed E-state index contributed by atoms with van der Waals surface area (Å²) in [6, 6.07) is 6.07. The zero-order valence-corrected chi connectivity index (χ0v) is 16.8. The number of carbonyl (C=O) groups excluding carboxylic acids is 1. The van der Waals surface area contributed by atoms with Gasteiger partial charge in [0.2, 0.25) is 5.91 Å². The summed E-state index contributed by atoms with van der Waals surface area (Å²) in [5.41, 5.74) is 3.15. The molecule has 1 aromatic carbocycles. The Morgan fingerprint density at radius 3 is 2.22 bits per heavy atom. The van der Waals surface area contributed by atoms with Gasteiger partial charge in [0.15, 0.2) is 0 Å². The Bertz CT molecular complexity index is 772. The molecule has 1 amide bonds. The SMILES string of the molecule is Cc1nc(C)n(CCN2CCN(CC(=O)Nc3c(C)cccc3C)CC2)n1. The third kappa shape index (κ3) is 5.14. The lowest BCUT2D eigenvalue weighted by Gasteiger charge is -2.34. The van der Waals surface area contributed by atoms with Crippen LogP contribution in [-0.2, 0) is 11.3 Å². The lowest BCUT2D eigenvalue weighted by atomic mass is 10.1. The van der Waals surface area contributed by atoms with Crippen LogP contribution >= 0.6 is 0 Å². The number of nitrogens with one attached hydrogen (secondary N) is 1. The first-order valence-corrected chi connectivity index (χ1v) is 9.61. The molecule has 3 rings (SSSR count). The van der Waals surface area contributed by atoms with Crippen molar-refractivity contribution in [3.05, 3.63) is 41.0 Å². The maximum Gasteiger partial charge on any atom is 0.238 e. The van der Waals surface area contributed by atoms with Crippen LogP contribution in [0.25, 0.3) is 0 Å². The molecule has 2 heterocycles. The standard InChI is InChI=1S/C20H30N6O/c1-15-6-5-7-16(2)20(15)22-19(27)14-25-10-8-24(9-11-25)12-13-26-18(4)21-17(3)23-26/h5-7H,8-14H2,1-4H3,(H,22,27). The van der Waals surface area contributed by atoms with E-state index in [-0.39, 0.29) is 5.91 Å². The smallest absolute Gasteiger partial charge is 0.238 e. The number of nitrogens with zero attached hydrogens (tertiary/aromatic N) is 5. The molecule has 0 saturated carbocycles. The number of para-hydroxylation sites is 1. The normalized spacial score (nSPS) is 15.9. The van der Waals surface area contributed by atoms with Crippen molar-refractivity contribution in [3.8, 4) is 0 Å². The fraction of sp³-hybridized carbons (Fsp3) is 0.550. The van der Waals surface area contributed by atoms with Crippen LogP contribution in [0.4, 0.5) is 5.69 Å². The first kappa shape index (κ1) is 19.5. The molecule has 7 heteroatoms. The molecule has 1 aromatic heterocycles. The molecular weight excluding hydrogens is 340 g/mol. The summed E-state index contributed by atoms with van der Waals surface area (Å²) in [7, 11) is 0. The van der Waals surface area contributed by atoms with Gasteiger partial charge in [0.25, 0.3) is 0 Å². The monoisotopic (exact) mass is 370 g/mol. The molecule has 0 unspecified atom stereocenters. The molecule has 7 nitrogen and oxygen atoms in total. The molecule has 27 heavy (non-hydrogen) atoms. The van der Waals surface area contributed by atoms with Crippen LogP contribution in [-0.4, -0.2) is 69.7 Å². The van der Waals surface area contributed by atoms with Crippen LogP contribution in [0.15, 0.2) is 18.2 Å². The van der Waals surface area contributed by atoms with Crippen LogP contribution in [0.2, 0.25) is 0 Å². The minimum absolute atomic E-state index is 0.0644. The van der Waals surface area contributed by atoms with Gasteiger partial charge in [-0.2, -0.15) is 5.10 Å². The Morgan fingerprint density at radius 1 is 1.00 bits per heavy atom. The minimum Gasteiger partial charge on any atom is -0.324 e. The van der Waals surface area contributed by atoms with Crippen molar-refractivity contribution in [2.45, 2.75) is 34.2 Å². The number of aryl methyl sites for hydroxylation is 4. The van der Waals surface area contributed by atoms with Crippen LogP contribution in [0, 0.1) is 27.7 Å². The average Bonchev–Trinajstić information content (AvgIpc) is 2.95. The Kier molecular flexibility index (Phi) is 6.23. The van der Waals surface area contributed by atoms with Gasteiger partial charge < -0.3 is 5.32 Å². The van der Waals surface area contributed by atoms with E-state index < -0.39 is 0 Å². The highest BCUT2D eigenvalue weighted by Gasteiger charge is 2.19. The summed E-state index contributed by atoms with van der Waals surface area (Å²) in [6.45, 7) is 14.0. The van der Waals surface area contributed by atoms with Crippen LogP contribution in [0.5, 0.6) is 0 Å². The molecule has 1 aliphatic rings. The summed E-state index contributed by atoms with van der Waals surface area (Å²) >= 11 is 0. The maximum absolute atomic E-state index is 12.4. The highest BCUT2D eigenvalue weighted by Crippen LogP contribution is 2.19.